The Bertz CT molecular complexity index is 293. The predicted octanol–water partition coefficient (Wildman–Crippen LogP) is 2.02. The quantitative estimate of drug-likeness (QED) is 0.523. The van der Waals surface area contributed by atoms with Gasteiger partial charge in [0.2, 0.25) is 0 Å². The van der Waals surface area contributed by atoms with Crippen LogP contribution < -0.4 is 0 Å². The summed E-state index contributed by atoms with van der Waals surface area (Å²) in [6.07, 6.45) is 3.81. The zero-order chi connectivity index (χ0) is 8.81. The van der Waals surface area contributed by atoms with Crippen LogP contribution >= 0.6 is 11.8 Å². The number of hydrogen-bond acceptors (Lipinski definition) is 2. The van der Waals surface area contributed by atoms with Gasteiger partial charge in [-0.25, -0.2) is 4.98 Å². The van der Waals surface area contributed by atoms with Gasteiger partial charge in [0, 0.05) is 18.9 Å². The molecule has 0 atom stereocenters. The van der Waals surface area contributed by atoms with Gasteiger partial charge in [0.1, 0.15) is 0 Å². The van der Waals surface area contributed by atoms with Gasteiger partial charge >= 0.3 is 0 Å². The van der Waals surface area contributed by atoms with E-state index in [9.17, 15) is 0 Å². The number of imidazole rings is 1. The molecular weight excluding hydrogens is 168 g/mol. The van der Waals surface area contributed by atoms with Gasteiger partial charge in [-0.15, -0.1) is 5.92 Å². The van der Waals surface area contributed by atoms with Gasteiger partial charge in [-0.05, 0) is 13.8 Å². The highest BCUT2D eigenvalue weighted by Gasteiger charge is 1.98. The molecule has 0 spiro atoms. The first kappa shape index (κ1) is 9.21. The maximum Gasteiger partial charge on any atom is 0.168 e. The van der Waals surface area contributed by atoms with E-state index in [4.69, 9.17) is 0 Å². The molecule has 12 heavy (non-hydrogen) atoms. The van der Waals surface area contributed by atoms with Gasteiger partial charge in [0.25, 0.3) is 0 Å². The van der Waals surface area contributed by atoms with Gasteiger partial charge in [-0.1, -0.05) is 17.7 Å². The SMILES string of the molecule is CC#CCSc1nccn1CC. The van der Waals surface area contributed by atoms with E-state index in [0.717, 1.165) is 17.5 Å². The fourth-order valence-corrected chi connectivity index (χ4v) is 1.69. The molecule has 0 radical (unpaired) electrons. The van der Waals surface area contributed by atoms with Crippen molar-refractivity contribution in [3.05, 3.63) is 12.4 Å². The fraction of sp³-hybridized carbons (Fsp3) is 0.444. The monoisotopic (exact) mass is 180 g/mol. The van der Waals surface area contributed by atoms with Gasteiger partial charge < -0.3 is 4.57 Å². The van der Waals surface area contributed by atoms with Crippen molar-refractivity contribution >= 4 is 11.8 Å². The Morgan fingerprint density at radius 1 is 1.67 bits per heavy atom. The number of aromatic nitrogens is 2. The largest absolute Gasteiger partial charge is 0.326 e. The first-order chi connectivity index (χ1) is 5.88. The predicted molar refractivity (Wildman–Crippen MR) is 52.1 cm³/mol. The van der Waals surface area contributed by atoms with Crippen molar-refractivity contribution < 1.29 is 0 Å². The zero-order valence-electron chi connectivity index (χ0n) is 7.37. The van der Waals surface area contributed by atoms with Crippen LogP contribution in [0.1, 0.15) is 13.8 Å². The minimum Gasteiger partial charge on any atom is -0.326 e. The lowest BCUT2D eigenvalue weighted by atomic mass is 10.7. The Morgan fingerprint density at radius 3 is 3.17 bits per heavy atom. The minimum absolute atomic E-state index is 0.827. The molecule has 1 aromatic heterocycles. The van der Waals surface area contributed by atoms with Crippen LogP contribution in [0.2, 0.25) is 0 Å². The van der Waals surface area contributed by atoms with Crippen LogP contribution in [0.4, 0.5) is 0 Å². The van der Waals surface area contributed by atoms with Crippen LogP contribution in [0, 0.1) is 11.8 Å². The number of nitrogens with zero attached hydrogens (tertiary/aromatic N) is 2. The molecule has 0 aliphatic heterocycles. The van der Waals surface area contributed by atoms with Crippen molar-refractivity contribution in [1.82, 2.24) is 9.55 Å². The lowest BCUT2D eigenvalue weighted by molar-refractivity contribution is 0.681. The summed E-state index contributed by atoms with van der Waals surface area (Å²) in [5.74, 6) is 6.68. The van der Waals surface area contributed by atoms with Crippen LogP contribution in [0.5, 0.6) is 0 Å². The van der Waals surface area contributed by atoms with Gasteiger partial charge in [-0.3, -0.25) is 0 Å². The van der Waals surface area contributed by atoms with Crippen LogP contribution in [-0.4, -0.2) is 15.3 Å². The average Bonchev–Trinajstić information content (AvgIpc) is 2.52. The summed E-state index contributed by atoms with van der Waals surface area (Å²) < 4.78 is 2.11. The normalized spacial score (nSPS) is 9.17. The molecule has 64 valence electrons. The highest BCUT2D eigenvalue weighted by molar-refractivity contribution is 7.99. The van der Waals surface area contributed by atoms with Crippen LogP contribution in [0.15, 0.2) is 17.6 Å². The Morgan fingerprint density at radius 2 is 2.50 bits per heavy atom. The van der Waals surface area contributed by atoms with Crippen LogP contribution in [0.3, 0.4) is 0 Å². The first-order valence-electron chi connectivity index (χ1n) is 3.92. The summed E-state index contributed by atoms with van der Waals surface area (Å²) in [6.45, 7) is 4.94. The summed E-state index contributed by atoms with van der Waals surface area (Å²) in [5, 5.41) is 1.06. The smallest absolute Gasteiger partial charge is 0.168 e. The lowest BCUT2D eigenvalue weighted by Crippen LogP contribution is -1.94. The molecule has 0 saturated carbocycles. The standard InChI is InChI=1S/C9H12N2S/c1-3-5-8-12-9-10-6-7-11(9)4-2/h6-7H,4,8H2,1-2H3. The van der Waals surface area contributed by atoms with E-state index in [2.05, 4.69) is 28.3 Å². The molecule has 0 N–H and O–H groups in total. The lowest BCUT2D eigenvalue weighted by Gasteiger charge is -2.00. The van der Waals surface area contributed by atoms with Crippen LogP contribution in [-0.2, 0) is 6.54 Å². The van der Waals surface area contributed by atoms with Gasteiger partial charge in [0.05, 0.1) is 5.75 Å². The third kappa shape index (κ3) is 2.31. The van der Waals surface area contributed by atoms with E-state index >= 15 is 0 Å². The maximum absolute atomic E-state index is 4.22. The summed E-state index contributed by atoms with van der Waals surface area (Å²) >= 11 is 1.68. The molecule has 1 rings (SSSR count). The summed E-state index contributed by atoms with van der Waals surface area (Å²) in [4.78, 5) is 4.22. The molecule has 0 unspecified atom stereocenters. The molecule has 0 bridgehead atoms. The van der Waals surface area contributed by atoms with Crippen LogP contribution in [0.25, 0.3) is 0 Å². The van der Waals surface area contributed by atoms with Crippen molar-refractivity contribution in [3.63, 3.8) is 0 Å². The summed E-state index contributed by atoms with van der Waals surface area (Å²) in [5.41, 5.74) is 0. The number of aryl methyl sites for hydroxylation is 1. The topological polar surface area (TPSA) is 17.8 Å². The van der Waals surface area contributed by atoms with Gasteiger partial charge in [-0.2, -0.15) is 0 Å². The third-order valence-corrected chi connectivity index (χ3v) is 2.35. The second-order valence-electron chi connectivity index (χ2n) is 2.21. The Balaban J connectivity index is 2.54. The van der Waals surface area contributed by atoms with Crippen molar-refractivity contribution in [2.24, 2.45) is 0 Å². The number of hydrogen-bond donors (Lipinski definition) is 0. The minimum atomic E-state index is 0.827. The zero-order valence-corrected chi connectivity index (χ0v) is 8.19. The summed E-state index contributed by atoms with van der Waals surface area (Å²) in [6, 6.07) is 0. The van der Waals surface area contributed by atoms with Crippen molar-refractivity contribution in [1.29, 1.82) is 0 Å². The highest BCUT2D eigenvalue weighted by Crippen LogP contribution is 2.14. The molecule has 0 fully saturated rings. The number of rotatable bonds is 3. The Kier molecular flexibility index (Phi) is 3.75. The van der Waals surface area contributed by atoms with E-state index in [1.165, 1.54) is 0 Å². The molecule has 1 aromatic rings. The molecule has 0 aliphatic rings. The summed E-state index contributed by atoms with van der Waals surface area (Å²) in [7, 11) is 0. The molecule has 0 aromatic carbocycles. The molecular formula is C9H12N2S. The second-order valence-corrected chi connectivity index (χ2v) is 3.15. The molecule has 0 saturated heterocycles. The van der Waals surface area contributed by atoms with E-state index in [0.29, 0.717) is 0 Å². The highest BCUT2D eigenvalue weighted by atomic mass is 32.2. The molecule has 1 heterocycles. The molecule has 0 amide bonds. The van der Waals surface area contributed by atoms with E-state index in [-0.39, 0.29) is 0 Å². The van der Waals surface area contributed by atoms with E-state index < -0.39 is 0 Å². The first-order valence-corrected chi connectivity index (χ1v) is 4.90. The van der Waals surface area contributed by atoms with Crippen molar-refractivity contribution in [2.45, 2.75) is 25.5 Å². The Labute approximate surface area is 77.4 Å². The third-order valence-electron chi connectivity index (χ3n) is 1.47. The second kappa shape index (κ2) is 4.89. The van der Waals surface area contributed by atoms with Crippen molar-refractivity contribution in [2.75, 3.05) is 5.75 Å². The average molecular weight is 180 g/mol. The van der Waals surface area contributed by atoms with Gasteiger partial charge in [0.15, 0.2) is 5.16 Å². The van der Waals surface area contributed by atoms with Crippen molar-refractivity contribution in [3.8, 4) is 11.8 Å². The fourth-order valence-electron chi connectivity index (χ4n) is 0.849. The number of thioether (sulfide) groups is 1. The van der Waals surface area contributed by atoms with E-state index in [1.54, 1.807) is 11.8 Å². The molecule has 3 heteroatoms. The maximum atomic E-state index is 4.22. The Hall–Kier alpha value is -0.880. The molecule has 0 aliphatic carbocycles. The molecule has 2 nitrogen and oxygen atoms in total. The van der Waals surface area contributed by atoms with E-state index in [1.807, 2.05) is 19.3 Å².